The van der Waals surface area contributed by atoms with E-state index in [1.54, 1.807) is 5.01 Å². The van der Waals surface area contributed by atoms with Crippen LogP contribution in [0.3, 0.4) is 0 Å². The van der Waals surface area contributed by atoms with Crippen molar-refractivity contribution in [1.29, 1.82) is 0 Å². The number of carbonyl (C=O) groups excluding carboxylic acids is 1. The number of para-hydroxylation sites is 1. The van der Waals surface area contributed by atoms with Gasteiger partial charge in [0.1, 0.15) is 10.6 Å². The van der Waals surface area contributed by atoms with Crippen LogP contribution in [-0.2, 0) is 14.8 Å². The first kappa shape index (κ1) is 26.5. The van der Waals surface area contributed by atoms with E-state index in [0.717, 1.165) is 5.75 Å². The lowest BCUT2D eigenvalue weighted by Gasteiger charge is -2.29. The third kappa shape index (κ3) is 6.22. The monoisotopic (exact) mass is 574 g/mol. The van der Waals surface area contributed by atoms with Crippen LogP contribution in [0, 0.1) is 0 Å². The number of nitrogens with one attached hydrogen (secondary N) is 1. The lowest BCUT2D eigenvalue weighted by Crippen LogP contribution is -2.66. The number of amides is 1. The second kappa shape index (κ2) is 11.7. The number of carbonyl (C=O) groups is 1. The number of halogens is 3. The van der Waals surface area contributed by atoms with Gasteiger partial charge in [-0.05, 0) is 36.8 Å². The zero-order valence-corrected chi connectivity index (χ0v) is 22.0. The molecule has 1 saturated heterocycles. The SMILES string of the molecule is O=C(CCCOc1ccccc1)Nc1on[n+](N2CCN(S(=O)(=O)c3ccc(Cl)cc3Cl)CC2)c1Cl. The number of sulfonamides is 1. The molecule has 0 unspecified atom stereocenters. The van der Waals surface area contributed by atoms with E-state index in [1.807, 2.05) is 30.3 Å². The summed E-state index contributed by atoms with van der Waals surface area (Å²) in [6, 6.07) is 13.6. The molecule has 14 heteroatoms. The van der Waals surface area contributed by atoms with Gasteiger partial charge in [-0.1, -0.05) is 41.4 Å². The van der Waals surface area contributed by atoms with Crippen molar-refractivity contribution in [2.24, 2.45) is 0 Å². The molecule has 0 saturated carbocycles. The smallest absolute Gasteiger partial charge is 0.400 e. The fraction of sp³-hybridized carbons (Fsp3) is 0.318. The number of nitrogens with zero attached hydrogens (tertiary/aromatic N) is 4. The molecular formula is C22H23Cl3N5O5S+. The van der Waals surface area contributed by atoms with E-state index in [-0.39, 0.29) is 59.5 Å². The minimum absolute atomic E-state index is 0.00620. The van der Waals surface area contributed by atoms with Crippen molar-refractivity contribution in [3.63, 3.8) is 0 Å². The quantitative estimate of drug-likeness (QED) is 0.308. The first-order valence-electron chi connectivity index (χ1n) is 11.0. The third-order valence-electron chi connectivity index (χ3n) is 5.38. The molecular weight excluding hydrogens is 553 g/mol. The second-order valence-electron chi connectivity index (χ2n) is 7.83. The number of hydrogen-bond donors (Lipinski definition) is 1. The van der Waals surface area contributed by atoms with Crippen LogP contribution in [0.2, 0.25) is 15.2 Å². The molecule has 1 amide bonds. The Morgan fingerprint density at radius 1 is 1.08 bits per heavy atom. The van der Waals surface area contributed by atoms with E-state index in [4.69, 9.17) is 44.1 Å². The average molecular weight is 576 g/mol. The molecule has 0 aliphatic carbocycles. The van der Waals surface area contributed by atoms with Gasteiger partial charge in [-0.2, -0.15) is 4.31 Å². The summed E-state index contributed by atoms with van der Waals surface area (Å²) in [5.41, 5.74) is 0. The molecule has 192 valence electrons. The minimum atomic E-state index is -3.80. The summed E-state index contributed by atoms with van der Waals surface area (Å²) < 4.78 is 38.1. The van der Waals surface area contributed by atoms with E-state index in [0.29, 0.717) is 18.1 Å². The standard InChI is InChI=1S/C22H22Cl3N5O5S/c23-16-8-9-19(18(24)15-16)36(32,33)29-12-10-28(11-13-29)30-21(25)22(35-27-30)26-20(31)7-4-14-34-17-5-2-1-3-6-17/h1-3,5-6,8-9,15H,4,7,10-14H2/p+1. The zero-order valence-electron chi connectivity index (χ0n) is 18.9. The van der Waals surface area contributed by atoms with E-state index < -0.39 is 10.0 Å². The zero-order chi connectivity index (χ0) is 25.7. The third-order valence-corrected chi connectivity index (χ3v) is 8.32. The normalized spacial score (nSPS) is 14.6. The highest BCUT2D eigenvalue weighted by Gasteiger charge is 2.36. The van der Waals surface area contributed by atoms with Crippen molar-refractivity contribution in [1.82, 2.24) is 9.58 Å². The lowest BCUT2D eigenvalue weighted by molar-refractivity contribution is -0.757. The molecule has 1 N–H and O–H groups in total. The lowest BCUT2D eigenvalue weighted by atomic mass is 10.3. The summed E-state index contributed by atoms with van der Waals surface area (Å²) >= 11 is 18.3. The molecule has 2 heterocycles. The highest BCUT2D eigenvalue weighted by molar-refractivity contribution is 7.89. The number of rotatable bonds is 9. The fourth-order valence-corrected chi connectivity index (χ4v) is 5.94. The van der Waals surface area contributed by atoms with Gasteiger partial charge in [-0.15, -0.1) is 5.01 Å². The molecule has 4 rings (SSSR count). The van der Waals surface area contributed by atoms with Gasteiger partial charge in [0.2, 0.25) is 21.2 Å². The van der Waals surface area contributed by atoms with Crippen molar-refractivity contribution in [2.45, 2.75) is 17.7 Å². The largest absolute Gasteiger partial charge is 0.494 e. The summed E-state index contributed by atoms with van der Waals surface area (Å²) in [6.07, 6.45) is 0.703. The van der Waals surface area contributed by atoms with Crippen LogP contribution in [0.15, 0.2) is 57.9 Å². The van der Waals surface area contributed by atoms with Gasteiger partial charge < -0.3 is 4.74 Å². The highest BCUT2D eigenvalue weighted by Crippen LogP contribution is 2.28. The Kier molecular flexibility index (Phi) is 8.58. The van der Waals surface area contributed by atoms with Crippen LogP contribution in [0.25, 0.3) is 0 Å². The molecule has 1 aliphatic heterocycles. The van der Waals surface area contributed by atoms with E-state index in [2.05, 4.69) is 10.6 Å². The Morgan fingerprint density at radius 2 is 1.81 bits per heavy atom. The number of ether oxygens (including phenoxy) is 1. The Hall–Kier alpha value is -2.57. The van der Waals surface area contributed by atoms with Gasteiger partial charge in [0.05, 0.1) is 29.5 Å². The number of hydrogen-bond acceptors (Lipinski definition) is 7. The number of anilines is 1. The molecule has 2 aromatic carbocycles. The van der Waals surface area contributed by atoms with Crippen molar-refractivity contribution in [3.8, 4) is 5.75 Å². The summed E-state index contributed by atoms with van der Waals surface area (Å²) in [5, 5.41) is 8.68. The van der Waals surface area contributed by atoms with E-state index in [1.165, 1.54) is 27.3 Å². The van der Waals surface area contributed by atoms with E-state index >= 15 is 0 Å². The Bertz CT molecular complexity index is 1310. The van der Waals surface area contributed by atoms with Crippen molar-refractivity contribution >= 4 is 56.6 Å². The maximum atomic E-state index is 13.0. The molecule has 1 fully saturated rings. The highest BCUT2D eigenvalue weighted by atomic mass is 35.5. The van der Waals surface area contributed by atoms with Crippen LogP contribution in [0.5, 0.6) is 5.75 Å². The summed E-state index contributed by atoms with van der Waals surface area (Å²) in [6.45, 7) is 1.29. The van der Waals surface area contributed by atoms with Crippen LogP contribution < -0.4 is 19.9 Å². The Labute approximate surface area is 223 Å². The van der Waals surface area contributed by atoms with Crippen LogP contribution >= 0.6 is 34.8 Å². The van der Waals surface area contributed by atoms with Crippen LogP contribution in [-0.4, -0.2) is 56.7 Å². The predicted octanol–water partition coefficient (Wildman–Crippen LogP) is 3.36. The molecule has 10 nitrogen and oxygen atoms in total. The Balaban J connectivity index is 1.29. The summed E-state index contributed by atoms with van der Waals surface area (Å²) in [5.74, 6) is 0.447. The molecule has 0 atom stereocenters. The maximum absolute atomic E-state index is 13.0. The molecule has 0 radical (unpaired) electrons. The fourth-order valence-electron chi connectivity index (χ4n) is 3.55. The number of benzene rings is 2. The van der Waals surface area contributed by atoms with Gasteiger partial charge >= 0.3 is 11.0 Å². The molecule has 1 aliphatic rings. The van der Waals surface area contributed by atoms with Gasteiger partial charge in [0, 0.05) is 36.1 Å². The number of aromatic nitrogens is 2. The van der Waals surface area contributed by atoms with Crippen molar-refractivity contribution < 1.29 is 27.3 Å². The molecule has 36 heavy (non-hydrogen) atoms. The first-order chi connectivity index (χ1) is 17.3. The summed E-state index contributed by atoms with van der Waals surface area (Å²) in [4.78, 5) is 13.6. The summed E-state index contributed by atoms with van der Waals surface area (Å²) in [7, 11) is -3.80. The average Bonchev–Trinajstić information content (AvgIpc) is 3.22. The van der Waals surface area contributed by atoms with Gasteiger partial charge in [-0.3, -0.25) is 14.6 Å². The van der Waals surface area contributed by atoms with Crippen LogP contribution in [0.1, 0.15) is 12.8 Å². The van der Waals surface area contributed by atoms with Gasteiger partial charge in [-0.25, -0.2) is 8.42 Å². The van der Waals surface area contributed by atoms with Crippen LogP contribution in [0.4, 0.5) is 5.88 Å². The van der Waals surface area contributed by atoms with Crippen molar-refractivity contribution in [2.75, 3.05) is 43.1 Å². The molecule has 0 spiro atoms. The molecule has 3 aromatic rings. The van der Waals surface area contributed by atoms with E-state index in [9.17, 15) is 13.2 Å². The van der Waals surface area contributed by atoms with Gasteiger partial charge in [0.25, 0.3) is 0 Å². The molecule has 0 bridgehead atoms. The Morgan fingerprint density at radius 3 is 2.50 bits per heavy atom. The maximum Gasteiger partial charge on any atom is 0.400 e. The topological polar surface area (TPSA) is 109 Å². The number of piperazine rings is 1. The predicted molar refractivity (Wildman–Crippen MR) is 135 cm³/mol. The minimum Gasteiger partial charge on any atom is -0.494 e. The second-order valence-corrected chi connectivity index (χ2v) is 10.9. The van der Waals surface area contributed by atoms with Gasteiger partial charge in [0.15, 0.2) is 0 Å². The van der Waals surface area contributed by atoms with Crippen molar-refractivity contribution in [3.05, 3.63) is 63.7 Å². The molecule has 1 aromatic heterocycles. The first-order valence-corrected chi connectivity index (χ1v) is 13.6.